The largest absolute Gasteiger partial charge is 0.468 e. The number of carbonyl (C=O) groups is 1. The van der Waals surface area contributed by atoms with Crippen LogP contribution >= 0.6 is 11.6 Å². The maximum Gasteiger partial charge on any atom is 0.325 e. The van der Waals surface area contributed by atoms with Crippen molar-refractivity contribution in [2.75, 3.05) is 7.11 Å². The van der Waals surface area contributed by atoms with Crippen LogP contribution in [0.25, 0.3) is 22.4 Å². The molecule has 2 aromatic carbocycles. The Balaban J connectivity index is 2.18. The van der Waals surface area contributed by atoms with Crippen molar-refractivity contribution < 1.29 is 9.53 Å². The van der Waals surface area contributed by atoms with Gasteiger partial charge in [0.05, 0.1) is 18.1 Å². The molecule has 21 heavy (non-hydrogen) atoms. The summed E-state index contributed by atoms with van der Waals surface area (Å²) >= 11 is 5.92. The maximum atomic E-state index is 11.7. The summed E-state index contributed by atoms with van der Waals surface area (Å²) in [7, 11) is 1.38. The number of carbonyl (C=O) groups excluding carboxylic acids is 1. The van der Waals surface area contributed by atoms with Gasteiger partial charge in [0.2, 0.25) is 0 Å². The Labute approximate surface area is 126 Å². The third-order valence-electron chi connectivity index (χ3n) is 3.27. The van der Waals surface area contributed by atoms with Gasteiger partial charge in [-0.1, -0.05) is 23.7 Å². The predicted molar refractivity (Wildman–Crippen MR) is 82.2 cm³/mol. The summed E-state index contributed by atoms with van der Waals surface area (Å²) in [6, 6.07) is 15.1. The zero-order valence-corrected chi connectivity index (χ0v) is 12.2. The summed E-state index contributed by atoms with van der Waals surface area (Å²) in [4.78, 5) is 16.3. The van der Waals surface area contributed by atoms with E-state index in [0.717, 1.165) is 22.4 Å². The van der Waals surface area contributed by atoms with E-state index in [-0.39, 0.29) is 12.5 Å². The van der Waals surface area contributed by atoms with E-state index in [1.54, 1.807) is 12.1 Å². The van der Waals surface area contributed by atoms with Gasteiger partial charge < -0.3 is 9.30 Å². The number of hydrogen-bond donors (Lipinski definition) is 0. The molecule has 0 fully saturated rings. The Morgan fingerprint density at radius 2 is 1.90 bits per heavy atom. The van der Waals surface area contributed by atoms with Gasteiger partial charge in [-0.25, -0.2) is 4.98 Å². The fourth-order valence-electron chi connectivity index (χ4n) is 2.25. The van der Waals surface area contributed by atoms with Crippen LogP contribution in [-0.2, 0) is 16.1 Å². The Hall–Kier alpha value is -2.33. The lowest BCUT2D eigenvalue weighted by atomic mass is 10.2. The lowest BCUT2D eigenvalue weighted by molar-refractivity contribution is -0.141. The lowest BCUT2D eigenvalue weighted by Gasteiger charge is -2.08. The van der Waals surface area contributed by atoms with Crippen molar-refractivity contribution in [3.63, 3.8) is 0 Å². The molecule has 0 amide bonds. The first-order valence-corrected chi connectivity index (χ1v) is 6.85. The summed E-state index contributed by atoms with van der Waals surface area (Å²) < 4.78 is 6.63. The monoisotopic (exact) mass is 300 g/mol. The van der Waals surface area contributed by atoms with Gasteiger partial charge in [-0.15, -0.1) is 0 Å². The van der Waals surface area contributed by atoms with E-state index in [2.05, 4.69) is 4.98 Å². The van der Waals surface area contributed by atoms with Gasteiger partial charge >= 0.3 is 5.97 Å². The van der Waals surface area contributed by atoms with Crippen molar-refractivity contribution in [1.29, 1.82) is 0 Å². The van der Waals surface area contributed by atoms with Gasteiger partial charge in [0.25, 0.3) is 0 Å². The van der Waals surface area contributed by atoms with Crippen LogP contribution in [0.3, 0.4) is 0 Å². The van der Waals surface area contributed by atoms with Gasteiger partial charge in [0.15, 0.2) is 0 Å². The SMILES string of the molecule is COC(=O)Cn1c(-c2ccc(Cl)cc2)nc2ccccc21. The minimum atomic E-state index is -0.312. The molecule has 0 unspecified atom stereocenters. The Bertz CT molecular complexity index is 794. The van der Waals surface area contributed by atoms with Crippen molar-refractivity contribution in [2.45, 2.75) is 6.54 Å². The molecule has 0 spiro atoms. The molecule has 0 N–H and O–H groups in total. The number of methoxy groups -OCH3 is 1. The van der Waals surface area contributed by atoms with E-state index in [4.69, 9.17) is 16.3 Å². The fourth-order valence-corrected chi connectivity index (χ4v) is 2.37. The van der Waals surface area contributed by atoms with E-state index in [1.165, 1.54) is 7.11 Å². The van der Waals surface area contributed by atoms with Crippen molar-refractivity contribution in [1.82, 2.24) is 9.55 Å². The van der Waals surface area contributed by atoms with Crippen LogP contribution in [0.4, 0.5) is 0 Å². The first-order chi connectivity index (χ1) is 10.2. The first kappa shape index (κ1) is 13.6. The van der Waals surface area contributed by atoms with E-state index in [1.807, 2.05) is 41.0 Å². The topological polar surface area (TPSA) is 44.1 Å². The molecule has 3 aromatic rings. The van der Waals surface area contributed by atoms with E-state index < -0.39 is 0 Å². The molecule has 0 saturated heterocycles. The number of halogens is 1. The highest BCUT2D eigenvalue weighted by molar-refractivity contribution is 6.30. The van der Waals surface area contributed by atoms with Crippen molar-refractivity contribution in [3.05, 3.63) is 53.6 Å². The molecule has 0 radical (unpaired) electrons. The van der Waals surface area contributed by atoms with Gasteiger partial charge in [-0.3, -0.25) is 4.79 Å². The highest BCUT2D eigenvalue weighted by Crippen LogP contribution is 2.25. The zero-order valence-electron chi connectivity index (χ0n) is 11.4. The van der Waals surface area contributed by atoms with Crippen molar-refractivity contribution in [2.24, 2.45) is 0 Å². The quantitative estimate of drug-likeness (QED) is 0.695. The van der Waals surface area contributed by atoms with Crippen LogP contribution in [0.15, 0.2) is 48.5 Å². The molecule has 5 heteroatoms. The minimum absolute atomic E-state index is 0.120. The molecule has 0 aliphatic heterocycles. The molecule has 1 heterocycles. The Morgan fingerprint density at radius 1 is 1.19 bits per heavy atom. The average molecular weight is 301 g/mol. The number of nitrogens with zero attached hydrogens (tertiary/aromatic N) is 2. The van der Waals surface area contributed by atoms with Crippen LogP contribution in [0, 0.1) is 0 Å². The van der Waals surface area contributed by atoms with Crippen LogP contribution in [-0.4, -0.2) is 22.6 Å². The number of benzene rings is 2. The predicted octanol–water partition coefficient (Wildman–Crippen LogP) is 3.53. The number of aromatic nitrogens is 2. The number of para-hydroxylation sites is 2. The second-order valence-electron chi connectivity index (χ2n) is 4.59. The summed E-state index contributed by atoms with van der Waals surface area (Å²) in [5.74, 6) is 0.409. The second-order valence-corrected chi connectivity index (χ2v) is 5.03. The lowest BCUT2D eigenvalue weighted by Crippen LogP contribution is -2.12. The fraction of sp³-hybridized carbons (Fsp3) is 0.125. The van der Waals surface area contributed by atoms with E-state index in [9.17, 15) is 4.79 Å². The third kappa shape index (κ3) is 2.62. The standard InChI is InChI=1S/C16H13ClN2O2/c1-21-15(20)10-19-14-5-3-2-4-13(14)18-16(19)11-6-8-12(17)9-7-11/h2-9H,10H2,1H3. The summed E-state index contributed by atoms with van der Waals surface area (Å²) in [6.45, 7) is 0.120. The third-order valence-corrected chi connectivity index (χ3v) is 3.52. The van der Waals surface area contributed by atoms with Crippen molar-refractivity contribution in [3.8, 4) is 11.4 Å². The van der Waals surface area contributed by atoms with Gasteiger partial charge in [0.1, 0.15) is 12.4 Å². The Morgan fingerprint density at radius 3 is 2.62 bits per heavy atom. The molecule has 0 aliphatic carbocycles. The molecule has 0 aliphatic rings. The number of rotatable bonds is 3. The molecule has 106 valence electrons. The normalized spacial score (nSPS) is 10.8. The van der Waals surface area contributed by atoms with Crippen LogP contribution in [0.2, 0.25) is 5.02 Å². The maximum absolute atomic E-state index is 11.7. The van der Waals surface area contributed by atoms with E-state index in [0.29, 0.717) is 5.02 Å². The molecule has 0 atom stereocenters. The average Bonchev–Trinajstić information content (AvgIpc) is 2.87. The second kappa shape index (κ2) is 5.58. The highest BCUT2D eigenvalue weighted by atomic mass is 35.5. The number of fused-ring (bicyclic) bond motifs is 1. The summed E-state index contributed by atoms with van der Waals surface area (Å²) in [5.41, 5.74) is 2.64. The number of esters is 1. The van der Waals surface area contributed by atoms with Gasteiger partial charge in [0, 0.05) is 10.6 Å². The summed E-state index contributed by atoms with van der Waals surface area (Å²) in [6.07, 6.45) is 0. The molecule has 1 aromatic heterocycles. The first-order valence-electron chi connectivity index (χ1n) is 6.47. The molecule has 4 nitrogen and oxygen atoms in total. The van der Waals surface area contributed by atoms with Gasteiger partial charge in [-0.2, -0.15) is 0 Å². The molecular formula is C16H13ClN2O2. The minimum Gasteiger partial charge on any atom is -0.468 e. The summed E-state index contributed by atoms with van der Waals surface area (Å²) in [5, 5.41) is 0.661. The van der Waals surface area contributed by atoms with Gasteiger partial charge in [-0.05, 0) is 36.4 Å². The van der Waals surface area contributed by atoms with Crippen LogP contribution < -0.4 is 0 Å². The molecule has 3 rings (SSSR count). The zero-order chi connectivity index (χ0) is 14.8. The van der Waals surface area contributed by atoms with Crippen molar-refractivity contribution >= 4 is 28.6 Å². The Kier molecular flexibility index (Phi) is 3.62. The number of imidazole rings is 1. The van der Waals surface area contributed by atoms with Crippen LogP contribution in [0.5, 0.6) is 0 Å². The number of ether oxygens (including phenoxy) is 1. The number of hydrogen-bond acceptors (Lipinski definition) is 3. The van der Waals surface area contributed by atoms with Crippen LogP contribution in [0.1, 0.15) is 0 Å². The smallest absolute Gasteiger partial charge is 0.325 e. The molecular weight excluding hydrogens is 288 g/mol. The molecule has 0 saturated carbocycles. The highest BCUT2D eigenvalue weighted by Gasteiger charge is 2.15. The molecule has 0 bridgehead atoms. The van der Waals surface area contributed by atoms with E-state index >= 15 is 0 Å².